The van der Waals surface area contributed by atoms with Gasteiger partial charge in [0.15, 0.2) is 6.79 Å². The SMILES string of the molecule is CN(Cc1cc(N)cc2c1OCOC2)c1ccccc1F. The van der Waals surface area contributed by atoms with Gasteiger partial charge in [-0.3, -0.25) is 0 Å². The van der Waals surface area contributed by atoms with Gasteiger partial charge >= 0.3 is 0 Å². The first-order valence-electron chi connectivity index (χ1n) is 6.72. The summed E-state index contributed by atoms with van der Waals surface area (Å²) in [5.41, 5.74) is 8.98. The van der Waals surface area contributed by atoms with Gasteiger partial charge < -0.3 is 20.1 Å². The fourth-order valence-corrected chi connectivity index (χ4v) is 2.55. The van der Waals surface area contributed by atoms with Crippen LogP contribution >= 0.6 is 0 Å². The van der Waals surface area contributed by atoms with E-state index in [-0.39, 0.29) is 12.6 Å². The lowest BCUT2D eigenvalue weighted by atomic mass is 10.1. The van der Waals surface area contributed by atoms with Gasteiger partial charge in [-0.1, -0.05) is 12.1 Å². The summed E-state index contributed by atoms with van der Waals surface area (Å²) in [4.78, 5) is 1.84. The Balaban J connectivity index is 1.91. The third-order valence-corrected chi connectivity index (χ3v) is 3.48. The average molecular weight is 288 g/mol. The number of nitrogens with zero attached hydrogens (tertiary/aromatic N) is 1. The lowest BCUT2D eigenvalue weighted by Gasteiger charge is -2.25. The molecule has 0 aromatic heterocycles. The number of fused-ring (bicyclic) bond motifs is 1. The number of nitrogen functional groups attached to an aromatic ring is 1. The fourth-order valence-electron chi connectivity index (χ4n) is 2.55. The van der Waals surface area contributed by atoms with Crippen molar-refractivity contribution in [2.45, 2.75) is 13.2 Å². The molecule has 0 aliphatic carbocycles. The van der Waals surface area contributed by atoms with E-state index in [4.69, 9.17) is 15.2 Å². The molecule has 0 saturated heterocycles. The van der Waals surface area contributed by atoms with E-state index in [0.717, 1.165) is 16.9 Å². The Hall–Kier alpha value is -2.27. The van der Waals surface area contributed by atoms with Crippen molar-refractivity contribution >= 4 is 11.4 Å². The highest BCUT2D eigenvalue weighted by Gasteiger charge is 2.18. The third-order valence-electron chi connectivity index (χ3n) is 3.48. The summed E-state index contributed by atoms with van der Waals surface area (Å²) in [7, 11) is 1.84. The van der Waals surface area contributed by atoms with Crippen LogP contribution in [0, 0.1) is 5.82 Å². The van der Waals surface area contributed by atoms with Gasteiger partial charge in [-0.25, -0.2) is 4.39 Å². The summed E-state index contributed by atoms with van der Waals surface area (Å²) >= 11 is 0. The van der Waals surface area contributed by atoms with E-state index in [1.807, 2.05) is 30.1 Å². The second-order valence-electron chi connectivity index (χ2n) is 5.09. The van der Waals surface area contributed by atoms with Gasteiger partial charge in [0.25, 0.3) is 0 Å². The molecule has 0 unspecified atom stereocenters. The first-order valence-corrected chi connectivity index (χ1v) is 6.72. The van der Waals surface area contributed by atoms with Crippen LogP contribution in [-0.2, 0) is 17.9 Å². The van der Waals surface area contributed by atoms with Gasteiger partial charge in [0.1, 0.15) is 11.6 Å². The lowest BCUT2D eigenvalue weighted by molar-refractivity contribution is -0.0169. The molecular weight excluding hydrogens is 271 g/mol. The highest BCUT2D eigenvalue weighted by molar-refractivity contribution is 5.56. The minimum absolute atomic E-state index is 0.229. The molecule has 4 nitrogen and oxygen atoms in total. The van der Waals surface area contributed by atoms with Gasteiger partial charge in [-0.2, -0.15) is 0 Å². The molecule has 5 heteroatoms. The van der Waals surface area contributed by atoms with Crippen molar-refractivity contribution in [1.82, 2.24) is 0 Å². The molecule has 0 fully saturated rings. The van der Waals surface area contributed by atoms with E-state index in [0.29, 0.717) is 24.5 Å². The number of hydrogen-bond donors (Lipinski definition) is 1. The summed E-state index contributed by atoms with van der Waals surface area (Å²) in [6.45, 7) is 1.22. The molecular formula is C16H17FN2O2. The van der Waals surface area contributed by atoms with Gasteiger partial charge in [-0.15, -0.1) is 0 Å². The molecule has 2 aromatic carbocycles. The van der Waals surface area contributed by atoms with Gasteiger partial charge in [0, 0.05) is 30.4 Å². The Bertz CT molecular complexity index is 661. The molecule has 1 aliphatic rings. The largest absolute Gasteiger partial charge is 0.467 e. The Labute approximate surface area is 122 Å². The predicted octanol–water partition coefficient (Wildman–Crippen LogP) is 2.91. The maximum atomic E-state index is 13.8. The van der Waals surface area contributed by atoms with Gasteiger partial charge in [-0.05, 0) is 24.3 Å². The molecule has 21 heavy (non-hydrogen) atoms. The van der Waals surface area contributed by atoms with E-state index >= 15 is 0 Å². The van der Waals surface area contributed by atoms with Crippen LogP contribution in [0.15, 0.2) is 36.4 Å². The molecule has 2 aromatic rings. The number of ether oxygens (including phenoxy) is 2. The summed E-state index contributed by atoms with van der Waals surface area (Å²) < 4.78 is 24.7. The smallest absolute Gasteiger partial charge is 0.189 e. The summed E-state index contributed by atoms with van der Waals surface area (Å²) in [5, 5.41) is 0. The molecule has 110 valence electrons. The van der Waals surface area contributed by atoms with Crippen molar-refractivity contribution in [1.29, 1.82) is 0 Å². The minimum Gasteiger partial charge on any atom is -0.467 e. The molecule has 1 aliphatic heterocycles. The number of para-hydroxylation sites is 1. The quantitative estimate of drug-likeness (QED) is 0.882. The second-order valence-corrected chi connectivity index (χ2v) is 5.09. The van der Waals surface area contributed by atoms with E-state index in [2.05, 4.69) is 0 Å². The van der Waals surface area contributed by atoms with Crippen LogP contribution in [0.2, 0.25) is 0 Å². The monoisotopic (exact) mass is 288 g/mol. The normalized spacial score (nSPS) is 13.4. The van der Waals surface area contributed by atoms with E-state index in [1.165, 1.54) is 6.07 Å². The van der Waals surface area contributed by atoms with E-state index in [1.54, 1.807) is 12.1 Å². The van der Waals surface area contributed by atoms with Crippen LogP contribution in [0.3, 0.4) is 0 Å². The van der Waals surface area contributed by atoms with Crippen molar-refractivity contribution < 1.29 is 13.9 Å². The second kappa shape index (κ2) is 5.61. The maximum Gasteiger partial charge on any atom is 0.189 e. The first-order chi connectivity index (χ1) is 10.1. The molecule has 2 N–H and O–H groups in total. The van der Waals surface area contributed by atoms with Crippen LogP contribution in [0.5, 0.6) is 5.75 Å². The number of hydrogen-bond acceptors (Lipinski definition) is 4. The number of benzene rings is 2. The molecule has 0 saturated carbocycles. The lowest BCUT2D eigenvalue weighted by Crippen LogP contribution is -2.20. The molecule has 0 bridgehead atoms. The number of nitrogens with two attached hydrogens (primary N) is 1. The zero-order chi connectivity index (χ0) is 14.8. The Kier molecular flexibility index (Phi) is 3.66. The summed E-state index contributed by atoms with van der Waals surface area (Å²) in [6.07, 6.45) is 0. The van der Waals surface area contributed by atoms with Crippen molar-refractivity contribution in [2.24, 2.45) is 0 Å². The van der Waals surface area contributed by atoms with Crippen molar-refractivity contribution in [2.75, 3.05) is 24.5 Å². The highest BCUT2D eigenvalue weighted by Crippen LogP contribution is 2.32. The Morgan fingerprint density at radius 2 is 2.10 bits per heavy atom. The molecule has 0 atom stereocenters. The van der Waals surface area contributed by atoms with Crippen LogP contribution in [0.4, 0.5) is 15.8 Å². The van der Waals surface area contributed by atoms with Crippen LogP contribution in [0.1, 0.15) is 11.1 Å². The Morgan fingerprint density at radius 1 is 1.29 bits per heavy atom. The number of anilines is 2. The van der Waals surface area contributed by atoms with Gasteiger partial charge in [0.05, 0.1) is 12.3 Å². The van der Waals surface area contributed by atoms with Crippen molar-refractivity contribution in [3.63, 3.8) is 0 Å². The summed E-state index contributed by atoms with van der Waals surface area (Å²) in [5.74, 6) is 0.542. The van der Waals surface area contributed by atoms with Crippen LogP contribution in [0.25, 0.3) is 0 Å². The fraction of sp³-hybridized carbons (Fsp3) is 0.250. The predicted molar refractivity (Wildman–Crippen MR) is 79.6 cm³/mol. The molecule has 0 spiro atoms. The van der Waals surface area contributed by atoms with Crippen molar-refractivity contribution in [3.05, 3.63) is 53.3 Å². The first kappa shape index (κ1) is 13.7. The topological polar surface area (TPSA) is 47.7 Å². The average Bonchev–Trinajstić information content (AvgIpc) is 2.47. The maximum absolute atomic E-state index is 13.8. The zero-order valence-corrected chi connectivity index (χ0v) is 11.8. The highest BCUT2D eigenvalue weighted by atomic mass is 19.1. The Morgan fingerprint density at radius 3 is 2.90 bits per heavy atom. The minimum atomic E-state index is -0.248. The van der Waals surface area contributed by atoms with E-state index < -0.39 is 0 Å². The molecule has 3 rings (SSSR count). The van der Waals surface area contributed by atoms with Crippen molar-refractivity contribution in [3.8, 4) is 5.75 Å². The zero-order valence-electron chi connectivity index (χ0n) is 11.8. The van der Waals surface area contributed by atoms with Crippen LogP contribution < -0.4 is 15.4 Å². The van der Waals surface area contributed by atoms with Crippen LogP contribution in [-0.4, -0.2) is 13.8 Å². The number of halogens is 1. The van der Waals surface area contributed by atoms with E-state index in [9.17, 15) is 4.39 Å². The standard InChI is InChI=1S/C16H17FN2O2/c1-19(15-5-3-2-4-14(15)17)8-11-6-13(18)7-12-9-20-10-21-16(11)12/h2-7H,8-10,18H2,1H3. The number of rotatable bonds is 3. The molecule has 0 radical (unpaired) electrons. The summed E-state index contributed by atoms with van der Waals surface area (Å²) in [6, 6.07) is 10.4. The molecule has 1 heterocycles. The molecule has 0 amide bonds. The van der Waals surface area contributed by atoms with Gasteiger partial charge in [0.2, 0.25) is 0 Å². The third kappa shape index (κ3) is 2.78.